The van der Waals surface area contributed by atoms with Gasteiger partial charge in [-0.3, -0.25) is 0 Å². The summed E-state index contributed by atoms with van der Waals surface area (Å²) in [7, 11) is -3.77. The maximum Gasteiger partial charge on any atom is 0.243 e. The van der Waals surface area contributed by atoms with E-state index < -0.39 is 21.9 Å². The molecule has 2 rings (SSSR count). The van der Waals surface area contributed by atoms with Crippen LogP contribution in [-0.2, 0) is 14.8 Å². The van der Waals surface area contributed by atoms with Crippen molar-refractivity contribution in [1.82, 2.24) is 4.31 Å². The SMILES string of the molecule is Cc1cc(S(=O)(=O)N2CCOC(CO)C2)cc(N)c1F. The van der Waals surface area contributed by atoms with E-state index in [2.05, 4.69) is 0 Å². The number of nitrogens with two attached hydrogens (primary N) is 1. The average Bonchev–Trinajstić information content (AvgIpc) is 2.44. The number of aryl methyl sites for hydroxylation is 1. The third kappa shape index (κ3) is 2.78. The quantitative estimate of drug-likeness (QED) is 0.773. The van der Waals surface area contributed by atoms with E-state index in [0.29, 0.717) is 0 Å². The number of halogens is 1. The van der Waals surface area contributed by atoms with E-state index in [0.717, 1.165) is 6.07 Å². The topological polar surface area (TPSA) is 92.9 Å². The minimum absolute atomic E-state index is 0.0486. The number of ether oxygens (including phenoxy) is 1. The molecule has 1 saturated heterocycles. The Morgan fingerprint density at radius 3 is 2.85 bits per heavy atom. The van der Waals surface area contributed by atoms with Gasteiger partial charge in [-0.25, -0.2) is 12.8 Å². The highest BCUT2D eigenvalue weighted by Gasteiger charge is 2.31. The molecule has 6 nitrogen and oxygen atoms in total. The Labute approximate surface area is 117 Å². The molecule has 0 spiro atoms. The van der Waals surface area contributed by atoms with E-state index in [1.54, 1.807) is 0 Å². The normalized spacial score (nSPS) is 21.1. The van der Waals surface area contributed by atoms with Gasteiger partial charge in [0.2, 0.25) is 10.0 Å². The van der Waals surface area contributed by atoms with E-state index in [9.17, 15) is 12.8 Å². The molecule has 0 amide bonds. The van der Waals surface area contributed by atoms with Crippen LogP contribution >= 0.6 is 0 Å². The average molecular weight is 304 g/mol. The summed E-state index contributed by atoms with van der Waals surface area (Å²) in [5, 5.41) is 9.05. The molecule has 1 unspecified atom stereocenters. The van der Waals surface area contributed by atoms with Crippen molar-refractivity contribution in [1.29, 1.82) is 0 Å². The largest absolute Gasteiger partial charge is 0.396 e. The van der Waals surface area contributed by atoms with E-state index in [1.165, 1.54) is 17.3 Å². The number of hydrogen-bond donors (Lipinski definition) is 2. The van der Waals surface area contributed by atoms with Crippen molar-refractivity contribution < 1.29 is 22.7 Å². The molecule has 0 saturated carbocycles. The number of morpholine rings is 1. The molecule has 8 heteroatoms. The summed E-state index contributed by atoms with van der Waals surface area (Å²) in [5.41, 5.74) is 5.46. The Hall–Kier alpha value is -1.22. The molecule has 1 aromatic rings. The summed E-state index contributed by atoms with van der Waals surface area (Å²) in [5.74, 6) is -0.612. The van der Waals surface area contributed by atoms with Gasteiger partial charge in [0, 0.05) is 13.1 Å². The third-order valence-corrected chi connectivity index (χ3v) is 5.04. The molecule has 1 aliphatic rings. The van der Waals surface area contributed by atoms with Crippen LogP contribution in [0.5, 0.6) is 0 Å². The standard InChI is InChI=1S/C12H17FN2O4S/c1-8-4-10(5-11(14)12(8)13)20(17,18)15-2-3-19-9(6-15)7-16/h4-5,9,16H,2-3,6-7,14H2,1H3. The fraction of sp³-hybridized carbons (Fsp3) is 0.500. The van der Waals surface area contributed by atoms with Gasteiger partial charge in [-0.05, 0) is 24.6 Å². The van der Waals surface area contributed by atoms with Crippen LogP contribution < -0.4 is 5.73 Å². The van der Waals surface area contributed by atoms with Gasteiger partial charge in [-0.15, -0.1) is 0 Å². The molecule has 112 valence electrons. The van der Waals surface area contributed by atoms with Crippen molar-refractivity contribution in [2.24, 2.45) is 0 Å². The Morgan fingerprint density at radius 1 is 1.55 bits per heavy atom. The second kappa shape index (κ2) is 5.65. The smallest absolute Gasteiger partial charge is 0.243 e. The highest BCUT2D eigenvalue weighted by molar-refractivity contribution is 7.89. The van der Waals surface area contributed by atoms with E-state index in [4.69, 9.17) is 15.6 Å². The fourth-order valence-electron chi connectivity index (χ4n) is 2.08. The van der Waals surface area contributed by atoms with Gasteiger partial charge < -0.3 is 15.6 Å². The van der Waals surface area contributed by atoms with Gasteiger partial charge in [-0.1, -0.05) is 0 Å². The highest BCUT2D eigenvalue weighted by atomic mass is 32.2. The molecule has 1 atom stereocenters. The number of sulfonamides is 1. The van der Waals surface area contributed by atoms with Crippen LogP contribution in [-0.4, -0.2) is 50.2 Å². The van der Waals surface area contributed by atoms with Crippen LogP contribution in [0, 0.1) is 12.7 Å². The summed E-state index contributed by atoms with van der Waals surface area (Å²) in [6, 6.07) is 2.37. The Morgan fingerprint density at radius 2 is 2.25 bits per heavy atom. The summed E-state index contributed by atoms with van der Waals surface area (Å²) in [6.07, 6.45) is -0.544. The van der Waals surface area contributed by atoms with Crippen LogP contribution in [0.1, 0.15) is 5.56 Å². The molecule has 0 bridgehead atoms. The minimum atomic E-state index is -3.77. The molecular formula is C12H17FN2O4S. The van der Waals surface area contributed by atoms with Crippen LogP contribution in [0.2, 0.25) is 0 Å². The zero-order valence-electron chi connectivity index (χ0n) is 11.0. The number of aliphatic hydroxyl groups is 1. The number of benzene rings is 1. The molecule has 1 heterocycles. The van der Waals surface area contributed by atoms with Crippen molar-refractivity contribution in [2.45, 2.75) is 17.9 Å². The van der Waals surface area contributed by atoms with Gasteiger partial charge in [0.1, 0.15) is 5.82 Å². The van der Waals surface area contributed by atoms with Crippen molar-refractivity contribution in [3.63, 3.8) is 0 Å². The molecule has 1 fully saturated rings. The Kier molecular flexibility index (Phi) is 4.28. The molecule has 1 aromatic carbocycles. The Balaban J connectivity index is 2.35. The minimum Gasteiger partial charge on any atom is -0.396 e. The summed E-state index contributed by atoms with van der Waals surface area (Å²) in [6.45, 7) is 1.67. The predicted molar refractivity (Wildman–Crippen MR) is 71.1 cm³/mol. The van der Waals surface area contributed by atoms with Gasteiger partial charge in [0.15, 0.2) is 0 Å². The number of hydrogen-bond acceptors (Lipinski definition) is 5. The fourth-order valence-corrected chi connectivity index (χ4v) is 3.66. The van der Waals surface area contributed by atoms with Crippen LogP contribution in [0.25, 0.3) is 0 Å². The zero-order chi connectivity index (χ0) is 14.9. The number of nitrogen functional groups attached to an aromatic ring is 1. The molecule has 0 aliphatic carbocycles. The molecule has 3 N–H and O–H groups in total. The molecule has 0 aromatic heterocycles. The maximum absolute atomic E-state index is 13.5. The first-order valence-corrected chi connectivity index (χ1v) is 7.58. The predicted octanol–water partition coefficient (Wildman–Crippen LogP) is 0.0981. The number of nitrogens with zero attached hydrogens (tertiary/aromatic N) is 1. The van der Waals surface area contributed by atoms with Gasteiger partial charge in [0.05, 0.1) is 29.9 Å². The lowest BCUT2D eigenvalue weighted by molar-refractivity contribution is -0.0304. The number of rotatable bonds is 3. The highest BCUT2D eigenvalue weighted by Crippen LogP contribution is 2.24. The lowest BCUT2D eigenvalue weighted by Crippen LogP contribution is -2.46. The lowest BCUT2D eigenvalue weighted by atomic mass is 10.2. The molecule has 0 radical (unpaired) electrons. The van der Waals surface area contributed by atoms with Crippen molar-refractivity contribution in [3.8, 4) is 0 Å². The first kappa shape index (κ1) is 15.2. The summed E-state index contributed by atoms with van der Waals surface area (Å²) >= 11 is 0. The zero-order valence-corrected chi connectivity index (χ0v) is 11.9. The number of aliphatic hydroxyl groups excluding tert-OH is 1. The maximum atomic E-state index is 13.5. The third-order valence-electron chi connectivity index (χ3n) is 3.20. The first-order valence-electron chi connectivity index (χ1n) is 6.14. The van der Waals surface area contributed by atoms with Crippen LogP contribution in [0.4, 0.5) is 10.1 Å². The summed E-state index contributed by atoms with van der Waals surface area (Å²) in [4.78, 5) is -0.0486. The molecule has 20 heavy (non-hydrogen) atoms. The van der Waals surface area contributed by atoms with Crippen LogP contribution in [0.3, 0.4) is 0 Å². The van der Waals surface area contributed by atoms with Gasteiger partial charge >= 0.3 is 0 Å². The van der Waals surface area contributed by atoms with Crippen LogP contribution in [0.15, 0.2) is 17.0 Å². The van der Waals surface area contributed by atoms with Gasteiger partial charge in [-0.2, -0.15) is 4.31 Å². The first-order chi connectivity index (χ1) is 9.36. The van der Waals surface area contributed by atoms with Crippen molar-refractivity contribution in [2.75, 3.05) is 32.0 Å². The van der Waals surface area contributed by atoms with Crippen molar-refractivity contribution >= 4 is 15.7 Å². The Bertz CT molecular complexity index is 582. The van der Waals surface area contributed by atoms with E-state index in [1.807, 2.05) is 0 Å². The second-order valence-electron chi connectivity index (χ2n) is 4.68. The molecular weight excluding hydrogens is 287 g/mol. The van der Waals surface area contributed by atoms with Crippen molar-refractivity contribution in [3.05, 3.63) is 23.5 Å². The van der Waals surface area contributed by atoms with Gasteiger partial charge in [0.25, 0.3) is 0 Å². The van der Waals surface area contributed by atoms with E-state index >= 15 is 0 Å². The second-order valence-corrected chi connectivity index (χ2v) is 6.62. The summed E-state index contributed by atoms with van der Waals surface area (Å²) < 4.78 is 44.8. The van der Waals surface area contributed by atoms with E-state index in [-0.39, 0.29) is 42.4 Å². The number of anilines is 1. The molecule has 1 aliphatic heterocycles. The monoisotopic (exact) mass is 304 g/mol. The lowest BCUT2D eigenvalue weighted by Gasteiger charge is -2.31.